The zero-order chi connectivity index (χ0) is 21.6. The number of allylic oxidation sites excluding steroid dienone is 2. The van der Waals surface area contributed by atoms with E-state index in [9.17, 15) is 9.59 Å². The van der Waals surface area contributed by atoms with Gasteiger partial charge in [-0.15, -0.1) is 11.3 Å². The summed E-state index contributed by atoms with van der Waals surface area (Å²) in [5, 5.41) is 7.40. The molecule has 0 bridgehead atoms. The molecule has 0 saturated carbocycles. The van der Waals surface area contributed by atoms with E-state index in [0.717, 1.165) is 11.4 Å². The maximum absolute atomic E-state index is 12.1. The van der Waals surface area contributed by atoms with Gasteiger partial charge in [-0.3, -0.25) is 14.6 Å². The van der Waals surface area contributed by atoms with Crippen molar-refractivity contribution in [3.05, 3.63) is 53.4 Å². The van der Waals surface area contributed by atoms with Gasteiger partial charge in [-0.05, 0) is 32.1 Å². The van der Waals surface area contributed by atoms with Crippen molar-refractivity contribution in [2.24, 2.45) is 5.41 Å². The minimum Gasteiger partial charge on any atom is -0.456 e. The van der Waals surface area contributed by atoms with E-state index in [1.54, 1.807) is 6.08 Å². The molecule has 0 aliphatic rings. The second kappa shape index (κ2) is 9.47. The Labute approximate surface area is 174 Å². The first-order valence-corrected chi connectivity index (χ1v) is 9.99. The van der Waals surface area contributed by atoms with Gasteiger partial charge < -0.3 is 15.4 Å². The molecule has 2 rings (SSSR count). The van der Waals surface area contributed by atoms with Crippen LogP contribution in [0.25, 0.3) is 11.4 Å². The van der Waals surface area contributed by atoms with E-state index in [2.05, 4.69) is 27.2 Å². The third-order valence-corrected chi connectivity index (χ3v) is 4.56. The molecule has 0 aliphatic carbocycles. The Bertz CT molecular complexity index is 941. The van der Waals surface area contributed by atoms with Gasteiger partial charge in [0.1, 0.15) is 11.5 Å². The highest BCUT2D eigenvalue weighted by atomic mass is 32.1. The normalized spacial score (nSPS) is 11.7. The van der Waals surface area contributed by atoms with Crippen molar-refractivity contribution in [1.82, 2.24) is 15.3 Å². The molecule has 154 valence electrons. The van der Waals surface area contributed by atoms with Crippen molar-refractivity contribution in [2.75, 3.05) is 11.9 Å². The summed E-state index contributed by atoms with van der Waals surface area (Å²) < 4.78 is 5.54. The fourth-order valence-electron chi connectivity index (χ4n) is 2.38. The van der Waals surface area contributed by atoms with Crippen molar-refractivity contribution in [3.8, 4) is 11.4 Å². The summed E-state index contributed by atoms with van der Waals surface area (Å²) in [6, 6.07) is 5.66. The van der Waals surface area contributed by atoms with Crippen LogP contribution in [0.2, 0.25) is 0 Å². The van der Waals surface area contributed by atoms with Crippen LogP contribution in [0.15, 0.2) is 47.8 Å². The van der Waals surface area contributed by atoms with Crippen LogP contribution in [-0.4, -0.2) is 28.3 Å². The number of nitrogens with one attached hydrogen (secondary N) is 2. The highest BCUT2D eigenvalue weighted by Gasteiger charge is 2.21. The van der Waals surface area contributed by atoms with Crippen LogP contribution < -0.4 is 10.6 Å². The van der Waals surface area contributed by atoms with Crippen LogP contribution in [0.4, 0.5) is 5.13 Å². The summed E-state index contributed by atoms with van der Waals surface area (Å²) in [7, 11) is 0. The molecule has 0 radical (unpaired) electrons. The Morgan fingerprint density at radius 1 is 1.24 bits per heavy atom. The number of amides is 2. The minimum atomic E-state index is -0.549. The topological polar surface area (TPSA) is 93.2 Å². The molecule has 2 aromatic rings. The molecule has 2 N–H and O–H groups in total. The summed E-state index contributed by atoms with van der Waals surface area (Å²) in [6.07, 6.45) is 1.79. The van der Waals surface area contributed by atoms with E-state index >= 15 is 0 Å². The van der Waals surface area contributed by atoms with Crippen molar-refractivity contribution >= 4 is 28.3 Å². The number of anilines is 1. The van der Waals surface area contributed by atoms with E-state index in [4.69, 9.17) is 4.74 Å². The molecule has 29 heavy (non-hydrogen) atoms. The van der Waals surface area contributed by atoms with Crippen molar-refractivity contribution in [3.63, 3.8) is 0 Å². The van der Waals surface area contributed by atoms with E-state index in [1.807, 2.05) is 58.2 Å². The molecule has 0 atom stereocenters. The first-order chi connectivity index (χ1) is 13.6. The molecule has 0 fully saturated rings. The average molecular weight is 415 g/mol. The molecule has 0 saturated heterocycles. The lowest BCUT2D eigenvalue weighted by Gasteiger charge is -2.23. The molecule has 2 heterocycles. The highest BCUT2D eigenvalue weighted by molar-refractivity contribution is 7.14. The molecule has 0 unspecified atom stereocenters. The molecule has 0 aromatic carbocycles. The number of aromatic nitrogens is 2. The third kappa shape index (κ3) is 6.53. The Morgan fingerprint density at radius 3 is 2.59 bits per heavy atom. The van der Waals surface area contributed by atoms with Gasteiger partial charge in [0.2, 0.25) is 5.91 Å². The molecule has 8 heteroatoms. The van der Waals surface area contributed by atoms with Crippen LogP contribution in [0.5, 0.6) is 0 Å². The lowest BCUT2D eigenvalue weighted by atomic mass is 9.93. The number of hydrogen-bond donors (Lipinski definition) is 2. The van der Waals surface area contributed by atoms with Gasteiger partial charge in [-0.1, -0.05) is 33.4 Å². The number of hydrogen-bond acceptors (Lipinski definition) is 6. The number of thiazole rings is 1. The van der Waals surface area contributed by atoms with Gasteiger partial charge in [0.25, 0.3) is 5.91 Å². The highest BCUT2D eigenvalue weighted by Crippen LogP contribution is 2.27. The SMILES string of the molecule is C=C(O/C(=C\C)C(C)(C)C)C(=O)NCC(=O)Nc1nc(-c2cccc(C)n2)cs1. The summed E-state index contributed by atoms with van der Waals surface area (Å²) in [4.78, 5) is 33.0. The molecule has 2 amide bonds. The van der Waals surface area contributed by atoms with Gasteiger partial charge in [-0.25, -0.2) is 4.98 Å². The number of ether oxygens (including phenoxy) is 1. The monoisotopic (exact) mass is 414 g/mol. The van der Waals surface area contributed by atoms with E-state index in [0.29, 0.717) is 16.6 Å². The average Bonchev–Trinajstić information content (AvgIpc) is 3.11. The smallest absolute Gasteiger partial charge is 0.286 e. The summed E-state index contributed by atoms with van der Waals surface area (Å²) in [5.41, 5.74) is 2.05. The maximum Gasteiger partial charge on any atom is 0.286 e. The van der Waals surface area contributed by atoms with Crippen molar-refractivity contribution in [1.29, 1.82) is 0 Å². The summed E-state index contributed by atoms with van der Waals surface area (Å²) in [6.45, 7) is 13.0. The van der Waals surface area contributed by atoms with Crippen LogP contribution in [0.3, 0.4) is 0 Å². The Morgan fingerprint density at radius 2 is 1.97 bits per heavy atom. The number of carbonyl (C=O) groups is 2. The molecule has 2 aromatic heterocycles. The molecular formula is C21H26N4O3S. The quantitative estimate of drug-likeness (QED) is 0.527. The fraction of sp³-hybridized carbons (Fsp3) is 0.333. The third-order valence-electron chi connectivity index (χ3n) is 3.80. The van der Waals surface area contributed by atoms with E-state index in [-0.39, 0.29) is 17.7 Å². The summed E-state index contributed by atoms with van der Waals surface area (Å²) >= 11 is 1.29. The molecular weight excluding hydrogens is 388 g/mol. The fourth-order valence-corrected chi connectivity index (χ4v) is 3.10. The van der Waals surface area contributed by atoms with E-state index < -0.39 is 11.8 Å². The van der Waals surface area contributed by atoms with Crippen LogP contribution in [-0.2, 0) is 14.3 Å². The van der Waals surface area contributed by atoms with Gasteiger partial charge in [0.15, 0.2) is 10.9 Å². The standard InChI is InChI=1S/C21H26N4O3S/c1-7-17(21(4,5)6)28-14(3)19(27)22-11-18(26)25-20-24-16(12-29-20)15-10-8-9-13(2)23-15/h7-10,12H,3,11H2,1-2,4-6H3,(H,22,27)(H,24,25,26)/b17-7-. The van der Waals surface area contributed by atoms with E-state index in [1.165, 1.54) is 11.3 Å². The number of carbonyl (C=O) groups excluding carboxylic acids is 2. The predicted molar refractivity (Wildman–Crippen MR) is 115 cm³/mol. The van der Waals surface area contributed by atoms with Crippen LogP contribution in [0, 0.1) is 12.3 Å². The molecule has 0 spiro atoms. The second-order valence-electron chi connectivity index (χ2n) is 7.36. The maximum atomic E-state index is 12.1. The Balaban J connectivity index is 1.87. The lowest BCUT2D eigenvalue weighted by Crippen LogP contribution is -2.34. The van der Waals surface area contributed by atoms with Crippen LogP contribution in [0.1, 0.15) is 33.4 Å². The van der Waals surface area contributed by atoms with Gasteiger partial charge in [-0.2, -0.15) is 0 Å². The van der Waals surface area contributed by atoms with Crippen molar-refractivity contribution < 1.29 is 14.3 Å². The van der Waals surface area contributed by atoms with Gasteiger partial charge in [0.05, 0.1) is 12.2 Å². The first-order valence-electron chi connectivity index (χ1n) is 9.11. The zero-order valence-corrected chi connectivity index (χ0v) is 18.1. The Hall–Kier alpha value is -3.00. The zero-order valence-electron chi connectivity index (χ0n) is 17.3. The van der Waals surface area contributed by atoms with Crippen molar-refractivity contribution in [2.45, 2.75) is 34.6 Å². The first kappa shape index (κ1) is 22.3. The van der Waals surface area contributed by atoms with Gasteiger partial charge >= 0.3 is 0 Å². The largest absolute Gasteiger partial charge is 0.456 e. The van der Waals surface area contributed by atoms with Crippen LogP contribution >= 0.6 is 11.3 Å². The van der Waals surface area contributed by atoms with Gasteiger partial charge in [0, 0.05) is 16.5 Å². The number of nitrogens with zero attached hydrogens (tertiary/aromatic N) is 2. The number of rotatable bonds is 7. The second-order valence-corrected chi connectivity index (χ2v) is 8.22. The Kier molecular flexibility index (Phi) is 7.28. The molecule has 7 nitrogen and oxygen atoms in total. The predicted octanol–water partition coefficient (Wildman–Crippen LogP) is 4.05. The molecule has 0 aliphatic heterocycles. The lowest BCUT2D eigenvalue weighted by molar-refractivity contribution is -0.123. The summed E-state index contributed by atoms with van der Waals surface area (Å²) in [5.74, 6) is -0.385. The number of aryl methyl sites for hydroxylation is 1. The number of pyridine rings is 1. The minimum absolute atomic E-state index is 0.0668.